The molecule has 0 saturated carbocycles. The van der Waals surface area contributed by atoms with Crippen LogP contribution in [-0.2, 0) is 16.6 Å². The Morgan fingerprint density at radius 1 is 0.897 bits per heavy atom. The number of nitrogens with zero attached hydrogens (tertiary/aromatic N) is 3. The molecule has 1 amide bonds. The van der Waals surface area contributed by atoms with Crippen LogP contribution in [0.3, 0.4) is 0 Å². The van der Waals surface area contributed by atoms with E-state index >= 15 is 0 Å². The molecule has 0 aliphatic carbocycles. The van der Waals surface area contributed by atoms with Crippen molar-refractivity contribution in [3.05, 3.63) is 89.6 Å². The van der Waals surface area contributed by atoms with E-state index < -0.39 is 5.97 Å². The van der Waals surface area contributed by atoms with Crippen LogP contribution in [0.1, 0.15) is 53.7 Å². The van der Waals surface area contributed by atoms with Crippen LogP contribution in [0.5, 0.6) is 5.75 Å². The second-order valence-electron chi connectivity index (χ2n) is 10.5. The number of likely N-dealkylation sites (tertiary alicyclic amines) is 1. The highest BCUT2D eigenvalue weighted by Gasteiger charge is 2.43. The van der Waals surface area contributed by atoms with Gasteiger partial charge in [0, 0.05) is 41.6 Å². The lowest BCUT2D eigenvalue weighted by Crippen LogP contribution is -2.46. The lowest BCUT2D eigenvalue weighted by atomic mass is 9.74. The normalized spacial score (nSPS) is 15.7. The molecule has 1 aromatic heterocycles. The number of hydrogen-bond acceptors (Lipinski definition) is 5. The lowest BCUT2D eigenvalue weighted by Gasteiger charge is -2.38. The third-order valence-electron chi connectivity index (χ3n) is 8.05. The number of aliphatic carboxylic acids is 1. The Labute approximate surface area is 227 Å². The van der Waals surface area contributed by atoms with E-state index in [0.29, 0.717) is 50.0 Å². The Morgan fingerprint density at radius 2 is 1.67 bits per heavy atom. The smallest absolute Gasteiger partial charge is 0.303 e. The molecule has 0 bridgehead atoms. The van der Waals surface area contributed by atoms with E-state index in [1.54, 1.807) is 0 Å². The third kappa shape index (κ3) is 4.97. The molecule has 2 aliphatic heterocycles. The predicted octanol–water partition coefficient (Wildman–Crippen LogP) is 5.66. The van der Waals surface area contributed by atoms with Crippen molar-refractivity contribution in [3.8, 4) is 17.0 Å². The molecule has 198 valence electrons. The largest absolute Gasteiger partial charge is 0.492 e. The highest BCUT2D eigenvalue weighted by Crippen LogP contribution is 2.45. The second kappa shape index (κ2) is 10.5. The van der Waals surface area contributed by atoms with Gasteiger partial charge in [-0.25, -0.2) is 9.97 Å². The van der Waals surface area contributed by atoms with Gasteiger partial charge in [-0.2, -0.15) is 0 Å². The number of carboxylic acid groups (broad SMARTS) is 1. The molecule has 0 atom stereocenters. The number of hydrogen-bond donors (Lipinski definition) is 1. The van der Waals surface area contributed by atoms with Gasteiger partial charge in [0.05, 0.1) is 29.0 Å². The number of carbonyl (C=O) groups is 2. The van der Waals surface area contributed by atoms with E-state index in [1.807, 2.05) is 65.6 Å². The molecule has 0 radical (unpaired) electrons. The van der Waals surface area contributed by atoms with E-state index in [0.717, 1.165) is 41.1 Å². The first-order chi connectivity index (χ1) is 19.0. The maximum atomic E-state index is 13.5. The van der Waals surface area contributed by atoms with Gasteiger partial charge < -0.3 is 14.7 Å². The summed E-state index contributed by atoms with van der Waals surface area (Å²) in [5, 5.41) is 9.01. The van der Waals surface area contributed by atoms with Gasteiger partial charge in [-0.3, -0.25) is 9.59 Å². The Kier molecular flexibility index (Phi) is 6.73. The number of aryl methyl sites for hydroxylation is 1. The number of aromatic nitrogens is 2. The quantitative estimate of drug-likeness (QED) is 0.316. The number of benzene rings is 3. The van der Waals surface area contributed by atoms with Gasteiger partial charge >= 0.3 is 5.97 Å². The number of rotatable bonds is 7. The first-order valence-corrected chi connectivity index (χ1v) is 13.6. The summed E-state index contributed by atoms with van der Waals surface area (Å²) in [6, 6.07) is 23.7. The molecule has 1 fully saturated rings. The van der Waals surface area contributed by atoms with Crippen LogP contribution in [0.25, 0.3) is 22.3 Å². The number of ether oxygens (including phenoxy) is 1. The van der Waals surface area contributed by atoms with Crippen LogP contribution in [0.4, 0.5) is 0 Å². The molecule has 4 aromatic rings. The summed E-state index contributed by atoms with van der Waals surface area (Å²) in [6.45, 7) is 2.04. The molecule has 1 saturated heterocycles. The predicted molar refractivity (Wildman–Crippen MR) is 149 cm³/mol. The van der Waals surface area contributed by atoms with E-state index in [1.165, 1.54) is 5.56 Å². The van der Waals surface area contributed by atoms with Crippen molar-refractivity contribution in [2.75, 3.05) is 19.7 Å². The summed E-state index contributed by atoms with van der Waals surface area (Å²) >= 11 is 0. The van der Waals surface area contributed by atoms with Gasteiger partial charge in [-0.1, -0.05) is 48.5 Å². The summed E-state index contributed by atoms with van der Waals surface area (Å²) in [4.78, 5) is 36.3. The van der Waals surface area contributed by atoms with Crippen LogP contribution in [0.15, 0.2) is 72.8 Å². The van der Waals surface area contributed by atoms with Gasteiger partial charge in [0.15, 0.2) is 0 Å². The average molecular weight is 522 g/mol. The summed E-state index contributed by atoms with van der Waals surface area (Å²) < 4.78 is 5.97. The fourth-order valence-electron chi connectivity index (χ4n) is 5.85. The van der Waals surface area contributed by atoms with Crippen molar-refractivity contribution in [2.45, 2.75) is 43.9 Å². The highest BCUT2D eigenvalue weighted by atomic mass is 16.5. The number of para-hydroxylation sites is 1. The first-order valence-electron chi connectivity index (χ1n) is 13.6. The molecule has 3 heterocycles. The number of piperidine rings is 1. The van der Waals surface area contributed by atoms with Crippen molar-refractivity contribution in [1.29, 1.82) is 0 Å². The molecule has 1 spiro atoms. The fourth-order valence-corrected chi connectivity index (χ4v) is 5.85. The van der Waals surface area contributed by atoms with Gasteiger partial charge in [0.25, 0.3) is 5.91 Å². The maximum absolute atomic E-state index is 13.5. The zero-order valence-corrected chi connectivity index (χ0v) is 21.8. The molecular weight excluding hydrogens is 490 g/mol. The summed E-state index contributed by atoms with van der Waals surface area (Å²) in [6.07, 6.45) is 3.79. The number of unbranched alkanes of at least 4 members (excludes halogenated alkanes) is 1. The SMILES string of the molecule is O=C(O)CCCCc1nc2cc(C(=O)N3CCC4(CC3)COc3ccccc34)ccc2nc1-c1ccccc1. The minimum atomic E-state index is -0.792. The number of carboxylic acids is 1. The maximum Gasteiger partial charge on any atom is 0.303 e. The minimum Gasteiger partial charge on any atom is -0.492 e. The molecule has 3 aromatic carbocycles. The van der Waals surface area contributed by atoms with Crippen LogP contribution in [0, 0.1) is 0 Å². The molecule has 6 rings (SSSR count). The van der Waals surface area contributed by atoms with Crippen LogP contribution >= 0.6 is 0 Å². The van der Waals surface area contributed by atoms with E-state index in [-0.39, 0.29) is 17.7 Å². The Bertz CT molecular complexity index is 1530. The topological polar surface area (TPSA) is 92.6 Å². The van der Waals surface area contributed by atoms with E-state index in [9.17, 15) is 9.59 Å². The van der Waals surface area contributed by atoms with Crippen molar-refractivity contribution in [1.82, 2.24) is 14.9 Å². The number of amides is 1. The third-order valence-corrected chi connectivity index (χ3v) is 8.05. The van der Waals surface area contributed by atoms with Gasteiger partial charge in [-0.05, 0) is 56.4 Å². The highest BCUT2D eigenvalue weighted by molar-refractivity contribution is 5.97. The molecular formula is C32H31N3O4. The summed E-state index contributed by atoms with van der Waals surface area (Å²) in [5.74, 6) is 0.189. The van der Waals surface area contributed by atoms with Crippen LogP contribution in [-0.4, -0.2) is 51.5 Å². The zero-order chi connectivity index (χ0) is 26.8. The van der Waals surface area contributed by atoms with Crippen LogP contribution < -0.4 is 4.74 Å². The summed E-state index contributed by atoms with van der Waals surface area (Å²) in [5.41, 5.74) is 5.88. The Hall–Kier alpha value is -4.26. The van der Waals surface area contributed by atoms with Crippen LogP contribution in [0.2, 0.25) is 0 Å². The van der Waals surface area contributed by atoms with E-state index in [4.69, 9.17) is 19.8 Å². The average Bonchev–Trinajstić information content (AvgIpc) is 3.32. The van der Waals surface area contributed by atoms with Crippen molar-refractivity contribution >= 4 is 22.9 Å². The Balaban J connectivity index is 1.23. The van der Waals surface area contributed by atoms with Crippen molar-refractivity contribution in [2.24, 2.45) is 0 Å². The fraction of sp³-hybridized carbons (Fsp3) is 0.312. The molecule has 7 nitrogen and oxygen atoms in total. The molecule has 2 aliphatic rings. The van der Waals surface area contributed by atoms with Crippen molar-refractivity contribution < 1.29 is 19.4 Å². The second-order valence-corrected chi connectivity index (χ2v) is 10.5. The van der Waals surface area contributed by atoms with E-state index in [2.05, 4.69) is 12.1 Å². The van der Waals surface area contributed by atoms with Gasteiger partial charge in [0.2, 0.25) is 0 Å². The van der Waals surface area contributed by atoms with Gasteiger partial charge in [-0.15, -0.1) is 0 Å². The zero-order valence-electron chi connectivity index (χ0n) is 21.8. The number of carbonyl (C=O) groups excluding carboxylic acids is 1. The van der Waals surface area contributed by atoms with Gasteiger partial charge in [0.1, 0.15) is 5.75 Å². The monoisotopic (exact) mass is 521 g/mol. The molecule has 7 heteroatoms. The van der Waals surface area contributed by atoms with Crippen molar-refractivity contribution in [3.63, 3.8) is 0 Å². The lowest BCUT2D eigenvalue weighted by molar-refractivity contribution is -0.137. The molecule has 0 unspecified atom stereocenters. The number of fused-ring (bicyclic) bond motifs is 3. The first kappa shape index (κ1) is 25.0. The Morgan fingerprint density at radius 3 is 2.46 bits per heavy atom. The molecule has 39 heavy (non-hydrogen) atoms. The molecule has 1 N–H and O–H groups in total. The minimum absolute atomic E-state index is 0.00832. The summed E-state index contributed by atoms with van der Waals surface area (Å²) in [7, 11) is 0. The standard InChI is InChI=1S/C32H31N3O4/c36-29(37)13-7-5-11-26-30(22-8-2-1-3-9-22)34-25-15-14-23(20-27(25)33-26)31(38)35-18-16-32(17-19-35)21-39-28-12-6-4-10-24(28)32/h1-4,6,8-10,12,14-15,20H,5,7,11,13,16-19,21H2,(H,36,37).